The van der Waals surface area contributed by atoms with Gasteiger partial charge in [0.1, 0.15) is 18.9 Å². The van der Waals surface area contributed by atoms with E-state index >= 15 is 0 Å². The largest absolute Gasteiger partial charge is 0.467 e. The van der Waals surface area contributed by atoms with Gasteiger partial charge >= 0.3 is 12.1 Å². The van der Waals surface area contributed by atoms with Gasteiger partial charge in [-0.25, -0.2) is 9.59 Å². The first-order valence-corrected chi connectivity index (χ1v) is 8.09. The molecule has 0 aliphatic carbocycles. The fourth-order valence-corrected chi connectivity index (χ4v) is 3.35. The molecular formula is C19H23NO5. The summed E-state index contributed by atoms with van der Waals surface area (Å²) in [5.74, 6) is -1.07. The first-order chi connectivity index (χ1) is 12.0. The lowest BCUT2D eigenvalue weighted by Crippen LogP contribution is -2.48. The molecule has 6 heteroatoms. The van der Waals surface area contributed by atoms with Crippen molar-refractivity contribution in [3.63, 3.8) is 0 Å². The van der Waals surface area contributed by atoms with Crippen LogP contribution < -0.4 is 0 Å². The lowest BCUT2D eigenvalue weighted by Gasteiger charge is -2.33. The molecule has 0 bridgehead atoms. The van der Waals surface area contributed by atoms with Gasteiger partial charge in [0.05, 0.1) is 7.11 Å². The molecule has 1 aromatic carbocycles. The fraction of sp³-hybridized carbons (Fsp3) is 0.421. The van der Waals surface area contributed by atoms with E-state index in [0.29, 0.717) is 6.42 Å². The van der Waals surface area contributed by atoms with Crippen molar-refractivity contribution >= 4 is 18.3 Å². The molecule has 6 nitrogen and oxygen atoms in total. The van der Waals surface area contributed by atoms with Crippen molar-refractivity contribution in [1.29, 1.82) is 0 Å². The van der Waals surface area contributed by atoms with E-state index in [9.17, 15) is 14.4 Å². The van der Waals surface area contributed by atoms with Crippen molar-refractivity contribution in [3.05, 3.63) is 48.6 Å². The molecule has 0 spiro atoms. The van der Waals surface area contributed by atoms with Crippen molar-refractivity contribution in [1.82, 2.24) is 4.90 Å². The number of ether oxygens (including phenoxy) is 2. The summed E-state index contributed by atoms with van der Waals surface area (Å²) in [7, 11) is 1.26. The second-order valence-electron chi connectivity index (χ2n) is 6.36. The molecule has 0 N–H and O–H groups in total. The zero-order chi connectivity index (χ0) is 18.4. The Morgan fingerprint density at radius 3 is 2.60 bits per heavy atom. The SMILES string of the molecule is C=CC[C@]1(C)[C@H](C=O)CN(C(=O)OCc2ccccc2)[C@@H]1C(=O)OC. The number of methoxy groups -OCH3 is 1. The van der Waals surface area contributed by atoms with E-state index in [4.69, 9.17) is 9.47 Å². The Kier molecular flexibility index (Phi) is 5.96. The smallest absolute Gasteiger partial charge is 0.410 e. The van der Waals surface area contributed by atoms with Gasteiger partial charge in [0, 0.05) is 17.9 Å². The topological polar surface area (TPSA) is 72.9 Å². The zero-order valence-electron chi connectivity index (χ0n) is 14.5. The van der Waals surface area contributed by atoms with Crippen LogP contribution in [0.15, 0.2) is 43.0 Å². The lowest BCUT2D eigenvalue weighted by molar-refractivity contribution is -0.149. The Hall–Kier alpha value is -2.63. The number of carbonyl (C=O) groups excluding carboxylic acids is 3. The molecule has 0 saturated carbocycles. The minimum absolute atomic E-state index is 0.0913. The summed E-state index contributed by atoms with van der Waals surface area (Å²) in [6, 6.07) is 8.35. The number of benzene rings is 1. The summed E-state index contributed by atoms with van der Waals surface area (Å²) >= 11 is 0. The highest BCUT2D eigenvalue weighted by atomic mass is 16.6. The van der Waals surface area contributed by atoms with Gasteiger partial charge in [-0.1, -0.05) is 43.3 Å². The summed E-state index contributed by atoms with van der Waals surface area (Å²) in [5, 5.41) is 0. The molecule has 1 heterocycles. The van der Waals surface area contributed by atoms with E-state index in [1.54, 1.807) is 13.0 Å². The van der Waals surface area contributed by atoms with Crippen LogP contribution in [-0.4, -0.2) is 42.9 Å². The normalized spacial score (nSPS) is 25.3. The van der Waals surface area contributed by atoms with Crippen LogP contribution in [-0.2, 0) is 25.7 Å². The van der Waals surface area contributed by atoms with Crippen LogP contribution >= 0.6 is 0 Å². The molecule has 0 radical (unpaired) electrons. The molecule has 0 unspecified atom stereocenters. The molecule has 1 aromatic rings. The quantitative estimate of drug-likeness (QED) is 0.450. The maximum absolute atomic E-state index is 12.6. The average Bonchev–Trinajstić information content (AvgIpc) is 2.92. The van der Waals surface area contributed by atoms with E-state index < -0.39 is 29.4 Å². The van der Waals surface area contributed by atoms with Gasteiger partial charge in [-0.15, -0.1) is 6.58 Å². The third kappa shape index (κ3) is 3.73. The summed E-state index contributed by atoms with van der Waals surface area (Å²) in [6.45, 7) is 5.70. The van der Waals surface area contributed by atoms with Crippen LogP contribution in [0.1, 0.15) is 18.9 Å². The summed E-state index contributed by atoms with van der Waals surface area (Å²) < 4.78 is 10.2. The van der Waals surface area contributed by atoms with E-state index in [0.717, 1.165) is 11.8 Å². The van der Waals surface area contributed by atoms with Crippen molar-refractivity contribution < 1.29 is 23.9 Å². The Bertz CT molecular complexity index is 644. The molecule has 134 valence electrons. The highest BCUT2D eigenvalue weighted by molar-refractivity contribution is 5.84. The Labute approximate surface area is 147 Å². The summed E-state index contributed by atoms with van der Waals surface area (Å²) in [5.41, 5.74) is 0.0629. The van der Waals surface area contributed by atoms with Crippen LogP contribution in [0.3, 0.4) is 0 Å². The van der Waals surface area contributed by atoms with Gasteiger partial charge in [-0.2, -0.15) is 0 Å². The predicted octanol–water partition coefficient (Wildman–Crippen LogP) is 2.58. The third-order valence-electron chi connectivity index (χ3n) is 4.79. The second-order valence-corrected chi connectivity index (χ2v) is 6.36. The van der Waals surface area contributed by atoms with E-state index in [1.807, 2.05) is 30.3 Å². The molecule has 1 saturated heterocycles. The van der Waals surface area contributed by atoms with Crippen molar-refractivity contribution in [2.24, 2.45) is 11.3 Å². The Balaban J connectivity index is 2.21. The van der Waals surface area contributed by atoms with E-state index in [-0.39, 0.29) is 13.2 Å². The maximum atomic E-state index is 12.6. The number of esters is 1. The van der Waals surface area contributed by atoms with E-state index in [1.165, 1.54) is 12.0 Å². The van der Waals surface area contributed by atoms with Gasteiger partial charge in [0.15, 0.2) is 0 Å². The molecular weight excluding hydrogens is 322 g/mol. The van der Waals surface area contributed by atoms with Crippen LogP contribution in [0.4, 0.5) is 4.79 Å². The number of likely N-dealkylation sites (tertiary alicyclic amines) is 1. The van der Waals surface area contributed by atoms with Gasteiger partial charge in [-0.05, 0) is 12.0 Å². The number of aldehydes is 1. The number of carbonyl (C=O) groups is 3. The van der Waals surface area contributed by atoms with Gasteiger partial charge in [-0.3, -0.25) is 4.90 Å². The molecule has 1 fully saturated rings. The summed E-state index contributed by atoms with van der Waals surface area (Å²) in [6.07, 6.45) is 2.19. The molecule has 2 rings (SSSR count). The number of rotatable bonds is 6. The highest BCUT2D eigenvalue weighted by Gasteiger charge is 2.56. The van der Waals surface area contributed by atoms with Crippen molar-refractivity contribution in [2.75, 3.05) is 13.7 Å². The van der Waals surface area contributed by atoms with Gasteiger partial charge in [0.2, 0.25) is 0 Å². The van der Waals surface area contributed by atoms with Crippen LogP contribution in [0.2, 0.25) is 0 Å². The Morgan fingerprint density at radius 1 is 1.36 bits per heavy atom. The molecule has 25 heavy (non-hydrogen) atoms. The molecule has 1 aliphatic rings. The lowest BCUT2D eigenvalue weighted by atomic mass is 9.73. The number of allylic oxidation sites excluding steroid dienone is 1. The minimum atomic E-state index is -0.894. The monoisotopic (exact) mass is 345 g/mol. The molecule has 3 atom stereocenters. The second kappa shape index (κ2) is 7.96. The molecule has 0 aromatic heterocycles. The standard InChI is InChI=1S/C19H23NO5/c1-4-10-19(2)15(12-21)11-20(16(19)17(22)24-3)18(23)25-13-14-8-6-5-7-9-14/h4-9,12,15-16H,1,10-11,13H2,2-3H3/t15-,16+,19+/m0/s1. The van der Waals surface area contributed by atoms with Crippen LogP contribution in [0.25, 0.3) is 0 Å². The van der Waals surface area contributed by atoms with Crippen molar-refractivity contribution in [2.45, 2.75) is 26.0 Å². The first kappa shape index (κ1) is 18.7. The van der Waals surface area contributed by atoms with Gasteiger partial charge in [0.25, 0.3) is 0 Å². The molecule has 1 aliphatic heterocycles. The zero-order valence-corrected chi connectivity index (χ0v) is 14.5. The number of hydrogen-bond acceptors (Lipinski definition) is 5. The van der Waals surface area contributed by atoms with E-state index in [2.05, 4.69) is 6.58 Å². The average molecular weight is 345 g/mol. The third-order valence-corrected chi connectivity index (χ3v) is 4.79. The Morgan fingerprint density at radius 2 is 2.04 bits per heavy atom. The number of hydrogen-bond donors (Lipinski definition) is 0. The number of nitrogens with zero attached hydrogens (tertiary/aromatic N) is 1. The molecule has 1 amide bonds. The maximum Gasteiger partial charge on any atom is 0.410 e. The van der Waals surface area contributed by atoms with Crippen LogP contribution in [0.5, 0.6) is 0 Å². The van der Waals surface area contributed by atoms with Crippen molar-refractivity contribution in [3.8, 4) is 0 Å². The first-order valence-electron chi connectivity index (χ1n) is 8.09. The minimum Gasteiger partial charge on any atom is -0.467 e. The predicted molar refractivity (Wildman–Crippen MR) is 91.6 cm³/mol. The van der Waals surface area contributed by atoms with Crippen LogP contribution in [0, 0.1) is 11.3 Å². The summed E-state index contributed by atoms with van der Waals surface area (Å²) in [4.78, 5) is 37.7. The van der Waals surface area contributed by atoms with Gasteiger partial charge < -0.3 is 14.3 Å². The number of amides is 1. The fourth-order valence-electron chi connectivity index (χ4n) is 3.35. The highest BCUT2D eigenvalue weighted by Crippen LogP contribution is 2.44.